The number of halogens is 1. The molecule has 0 saturated carbocycles. The standard InChI is InChI=1S/C18H14FN3O2S/c1-11(23)20-14-7-8-15-16(10-14)25-18(21-15)22-17(24)9-4-12-2-5-13(19)6-3-12/h2-10H,1H3,(H,20,23)(H,21,22,24). The summed E-state index contributed by atoms with van der Waals surface area (Å²) in [6, 6.07) is 11.2. The van der Waals surface area contributed by atoms with E-state index in [0.29, 0.717) is 10.8 Å². The van der Waals surface area contributed by atoms with Crippen molar-refractivity contribution in [2.45, 2.75) is 6.92 Å². The first-order chi connectivity index (χ1) is 12.0. The Kier molecular flexibility index (Phi) is 4.85. The molecule has 0 aliphatic carbocycles. The second-order valence-corrected chi connectivity index (χ2v) is 6.29. The van der Waals surface area contributed by atoms with E-state index in [2.05, 4.69) is 15.6 Å². The first-order valence-electron chi connectivity index (χ1n) is 7.42. The Labute approximate surface area is 147 Å². The Bertz CT molecular complexity index is 964. The number of amides is 2. The van der Waals surface area contributed by atoms with Gasteiger partial charge >= 0.3 is 0 Å². The van der Waals surface area contributed by atoms with E-state index in [-0.39, 0.29) is 17.6 Å². The third-order valence-electron chi connectivity index (χ3n) is 3.24. The fourth-order valence-electron chi connectivity index (χ4n) is 2.15. The highest BCUT2D eigenvalue weighted by molar-refractivity contribution is 7.22. The highest BCUT2D eigenvalue weighted by Gasteiger charge is 2.07. The predicted molar refractivity (Wildman–Crippen MR) is 98.0 cm³/mol. The van der Waals surface area contributed by atoms with Crippen molar-refractivity contribution in [3.8, 4) is 0 Å². The van der Waals surface area contributed by atoms with Gasteiger partial charge < -0.3 is 5.32 Å². The summed E-state index contributed by atoms with van der Waals surface area (Å²) in [5.41, 5.74) is 2.13. The Balaban J connectivity index is 1.70. The lowest BCUT2D eigenvalue weighted by Gasteiger charge is -1.99. The van der Waals surface area contributed by atoms with Crippen LogP contribution in [0.3, 0.4) is 0 Å². The van der Waals surface area contributed by atoms with Crippen molar-refractivity contribution in [3.63, 3.8) is 0 Å². The van der Waals surface area contributed by atoms with Gasteiger partial charge in [0.2, 0.25) is 11.8 Å². The van der Waals surface area contributed by atoms with Gasteiger partial charge in [-0.3, -0.25) is 14.9 Å². The molecule has 0 fully saturated rings. The van der Waals surface area contributed by atoms with Gasteiger partial charge in [-0.1, -0.05) is 23.5 Å². The molecule has 5 nitrogen and oxygen atoms in total. The van der Waals surface area contributed by atoms with Crippen molar-refractivity contribution in [2.24, 2.45) is 0 Å². The van der Waals surface area contributed by atoms with Crippen LogP contribution in [-0.4, -0.2) is 16.8 Å². The van der Waals surface area contributed by atoms with Crippen LogP contribution in [0.1, 0.15) is 12.5 Å². The Hall–Kier alpha value is -3.06. The molecule has 2 N–H and O–H groups in total. The van der Waals surface area contributed by atoms with Crippen LogP contribution >= 0.6 is 11.3 Å². The Morgan fingerprint density at radius 3 is 2.60 bits per heavy atom. The van der Waals surface area contributed by atoms with Crippen molar-refractivity contribution in [1.82, 2.24) is 4.98 Å². The van der Waals surface area contributed by atoms with E-state index in [0.717, 1.165) is 15.8 Å². The Morgan fingerprint density at radius 2 is 1.88 bits per heavy atom. The number of benzene rings is 2. The fourth-order valence-corrected chi connectivity index (χ4v) is 3.06. The second-order valence-electron chi connectivity index (χ2n) is 5.26. The molecule has 0 bridgehead atoms. The quantitative estimate of drug-likeness (QED) is 0.694. The summed E-state index contributed by atoms with van der Waals surface area (Å²) >= 11 is 1.31. The number of carbonyl (C=O) groups is 2. The third-order valence-corrected chi connectivity index (χ3v) is 4.17. The van der Waals surface area contributed by atoms with E-state index >= 15 is 0 Å². The first kappa shape index (κ1) is 16.8. The number of nitrogens with one attached hydrogen (secondary N) is 2. The van der Waals surface area contributed by atoms with Crippen molar-refractivity contribution >= 4 is 50.3 Å². The van der Waals surface area contributed by atoms with E-state index in [1.165, 1.54) is 36.5 Å². The number of thiazole rings is 1. The summed E-state index contributed by atoms with van der Waals surface area (Å²) in [6.45, 7) is 1.44. The van der Waals surface area contributed by atoms with Gasteiger partial charge in [-0.2, -0.15) is 0 Å². The van der Waals surface area contributed by atoms with Crippen molar-refractivity contribution in [3.05, 3.63) is 59.9 Å². The topological polar surface area (TPSA) is 71.1 Å². The van der Waals surface area contributed by atoms with Crippen molar-refractivity contribution in [2.75, 3.05) is 10.6 Å². The molecule has 0 atom stereocenters. The van der Waals surface area contributed by atoms with Gasteiger partial charge in [0, 0.05) is 18.7 Å². The van der Waals surface area contributed by atoms with Gasteiger partial charge in [-0.25, -0.2) is 9.37 Å². The smallest absolute Gasteiger partial charge is 0.250 e. The molecule has 2 aromatic carbocycles. The SMILES string of the molecule is CC(=O)Nc1ccc2nc(NC(=O)C=Cc3ccc(F)cc3)sc2c1. The summed E-state index contributed by atoms with van der Waals surface area (Å²) < 4.78 is 13.7. The van der Waals surface area contributed by atoms with Crippen LogP contribution in [0.25, 0.3) is 16.3 Å². The first-order valence-corrected chi connectivity index (χ1v) is 8.24. The minimum atomic E-state index is -0.328. The van der Waals surface area contributed by atoms with Gasteiger partial charge in [0.15, 0.2) is 5.13 Å². The average Bonchev–Trinajstić information content (AvgIpc) is 2.95. The molecule has 2 amide bonds. The van der Waals surface area contributed by atoms with Crippen LogP contribution in [0.4, 0.5) is 15.2 Å². The zero-order valence-electron chi connectivity index (χ0n) is 13.2. The molecule has 3 rings (SSSR count). The van der Waals surface area contributed by atoms with Gasteiger partial charge in [0.1, 0.15) is 5.82 Å². The molecular formula is C18H14FN3O2S. The third kappa shape index (κ3) is 4.48. The average molecular weight is 355 g/mol. The van der Waals surface area contributed by atoms with Gasteiger partial charge in [-0.15, -0.1) is 0 Å². The molecule has 0 saturated heterocycles. The number of rotatable bonds is 4. The highest BCUT2D eigenvalue weighted by atomic mass is 32.1. The normalized spacial score (nSPS) is 11.0. The molecule has 126 valence electrons. The highest BCUT2D eigenvalue weighted by Crippen LogP contribution is 2.28. The van der Waals surface area contributed by atoms with Crippen LogP contribution in [0, 0.1) is 5.82 Å². The van der Waals surface area contributed by atoms with Gasteiger partial charge in [0.05, 0.1) is 10.2 Å². The summed E-state index contributed by atoms with van der Waals surface area (Å²) in [5.74, 6) is -0.802. The lowest BCUT2D eigenvalue weighted by atomic mass is 10.2. The van der Waals surface area contributed by atoms with E-state index in [9.17, 15) is 14.0 Å². The number of hydrogen-bond acceptors (Lipinski definition) is 4. The van der Waals surface area contributed by atoms with Gasteiger partial charge in [-0.05, 0) is 42.0 Å². The van der Waals surface area contributed by atoms with Crippen LogP contribution in [0.15, 0.2) is 48.5 Å². The lowest BCUT2D eigenvalue weighted by Crippen LogP contribution is -2.07. The summed E-state index contributed by atoms with van der Waals surface area (Å²) in [4.78, 5) is 27.4. The van der Waals surface area contributed by atoms with E-state index in [1.807, 2.05) is 0 Å². The number of fused-ring (bicyclic) bond motifs is 1. The summed E-state index contributed by atoms with van der Waals surface area (Å²) in [7, 11) is 0. The van der Waals surface area contributed by atoms with Crippen LogP contribution in [-0.2, 0) is 9.59 Å². The molecule has 0 aliphatic rings. The number of hydrogen-bond donors (Lipinski definition) is 2. The minimum Gasteiger partial charge on any atom is -0.326 e. The van der Waals surface area contributed by atoms with Crippen molar-refractivity contribution < 1.29 is 14.0 Å². The largest absolute Gasteiger partial charge is 0.326 e. The molecule has 1 aromatic heterocycles. The second kappa shape index (κ2) is 7.23. The van der Waals surface area contributed by atoms with Gasteiger partial charge in [0.25, 0.3) is 0 Å². The number of anilines is 2. The zero-order valence-corrected chi connectivity index (χ0v) is 14.1. The zero-order chi connectivity index (χ0) is 17.8. The molecule has 0 aliphatic heterocycles. The monoisotopic (exact) mass is 355 g/mol. The molecule has 7 heteroatoms. The predicted octanol–water partition coefficient (Wildman–Crippen LogP) is 4.05. The number of nitrogens with zero attached hydrogens (tertiary/aromatic N) is 1. The molecular weight excluding hydrogens is 341 g/mol. The molecule has 3 aromatic rings. The Morgan fingerprint density at radius 1 is 1.12 bits per heavy atom. The van der Waals surface area contributed by atoms with Crippen LogP contribution in [0.2, 0.25) is 0 Å². The number of aromatic nitrogens is 1. The summed E-state index contributed by atoms with van der Waals surface area (Å²) in [5, 5.41) is 5.86. The molecule has 25 heavy (non-hydrogen) atoms. The molecule has 0 spiro atoms. The fraction of sp³-hybridized carbons (Fsp3) is 0.0556. The van der Waals surface area contributed by atoms with E-state index < -0.39 is 0 Å². The van der Waals surface area contributed by atoms with E-state index in [4.69, 9.17) is 0 Å². The van der Waals surface area contributed by atoms with Crippen LogP contribution in [0.5, 0.6) is 0 Å². The maximum Gasteiger partial charge on any atom is 0.250 e. The minimum absolute atomic E-state index is 0.150. The summed E-state index contributed by atoms with van der Waals surface area (Å²) in [6.07, 6.45) is 2.96. The molecule has 0 radical (unpaired) electrons. The van der Waals surface area contributed by atoms with Crippen molar-refractivity contribution in [1.29, 1.82) is 0 Å². The van der Waals surface area contributed by atoms with Crippen LogP contribution < -0.4 is 10.6 Å². The molecule has 0 unspecified atom stereocenters. The lowest BCUT2D eigenvalue weighted by molar-refractivity contribution is -0.114. The molecule has 1 heterocycles. The van der Waals surface area contributed by atoms with E-state index in [1.54, 1.807) is 36.4 Å². The number of carbonyl (C=O) groups excluding carboxylic acids is 2. The maximum absolute atomic E-state index is 12.8. The maximum atomic E-state index is 12.8.